The molecule has 0 radical (unpaired) electrons. The van der Waals surface area contributed by atoms with Crippen LogP contribution in [0, 0.1) is 6.92 Å². The van der Waals surface area contributed by atoms with Crippen LogP contribution >= 0.6 is 0 Å². The second-order valence-electron chi connectivity index (χ2n) is 5.40. The maximum atomic E-state index is 12.5. The normalized spacial score (nSPS) is 19.0. The van der Waals surface area contributed by atoms with Crippen molar-refractivity contribution in [2.75, 3.05) is 13.1 Å². The lowest BCUT2D eigenvalue weighted by Gasteiger charge is -2.31. The predicted octanol–water partition coefficient (Wildman–Crippen LogP) is 1.68. The molecule has 0 aromatic carbocycles. The van der Waals surface area contributed by atoms with Gasteiger partial charge in [-0.05, 0) is 19.8 Å². The molecule has 1 aliphatic heterocycles. The van der Waals surface area contributed by atoms with Crippen LogP contribution < -0.4 is 0 Å². The fourth-order valence-corrected chi connectivity index (χ4v) is 2.69. The molecular formula is C14H19N5O2. The predicted molar refractivity (Wildman–Crippen MR) is 74.9 cm³/mol. The molecule has 1 fully saturated rings. The van der Waals surface area contributed by atoms with Gasteiger partial charge in [-0.1, -0.05) is 12.1 Å². The highest BCUT2D eigenvalue weighted by molar-refractivity contribution is 5.95. The number of nitrogens with one attached hydrogen (secondary N) is 1. The Kier molecular flexibility index (Phi) is 3.72. The third-order valence-corrected chi connectivity index (χ3v) is 3.92. The van der Waals surface area contributed by atoms with E-state index in [2.05, 4.69) is 20.3 Å². The van der Waals surface area contributed by atoms with Crippen molar-refractivity contribution in [2.45, 2.75) is 39.0 Å². The Bertz CT molecular complexity index is 633. The zero-order chi connectivity index (χ0) is 14.8. The van der Waals surface area contributed by atoms with Crippen molar-refractivity contribution < 1.29 is 9.32 Å². The van der Waals surface area contributed by atoms with E-state index >= 15 is 0 Å². The Hall–Kier alpha value is -2.18. The summed E-state index contributed by atoms with van der Waals surface area (Å²) in [6.07, 6.45) is 4.25. The Balaban J connectivity index is 1.74. The first kappa shape index (κ1) is 13.8. The molecule has 0 saturated carbocycles. The molecule has 2 aromatic rings. The number of aromatic amines is 1. The number of aromatic nitrogens is 4. The molecule has 3 rings (SSSR count). The van der Waals surface area contributed by atoms with Gasteiger partial charge in [0, 0.05) is 31.1 Å². The maximum Gasteiger partial charge on any atom is 0.257 e. The Morgan fingerprint density at radius 1 is 1.57 bits per heavy atom. The van der Waals surface area contributed by atoms with Crippen molar-refractivity contribution in [3.05, 3.63) is 29.2 Å². The van der Waals surface area contributed by atoms with Gasteiger partial charge in [0.25, 0.3) is 5.91 Å². The molecule has 7 heteroatoms. The van der Waals surface area contributed by atoms with Gasteiger partial charge in [-0.15, -0.1) is 0 Å². The molecule has 1 saturated heterocycles. The number of likely N-dealkylation sites (tertiary alicyclic amines) is 1. The largest absolute Gasteiger partial charge is 0.339 e. The molecule has 21 heavy (non-hydrogen) atoms. The van der Waals surface area contributed by atoms with Crippen LogP contribution in [0.3, 0.4) is 0 Å². The first-order valence-corrected chi connectivity index (χ1v) is 7.30. The van der Waals surface area contributed by atoms with E-state index in [9.17, 15) is 4.79 Å². The number of nitrogens with zero attached hydrogens (tertiary/aromatic N) is 4. The zero-order valence-corrected chi connectivity index (χ0v) is 12.3. The molecule has 1 aliphatic rings. The van der Waals surface area contributed by atoms with E-state index in [1.165, 1.54) is 0 Å². The van der Waals surface area contributed by atoms with E-state index in [4.69, 9.17) is 4.52 Å². The molecule has 2 aromatic heterocycles. The van der Waals surface area contributed by atoms with E-state index in [-0.39, 0.29) is 11.8 Å². The van der Waals surface area contributed by atoms with Crippen LogP contribution in [0.2, 0.25) is 0 Å². The van der Waals surface area contributed by atoms with Gasteiger partial charge in [0.05, 0.1) is 11.8 Å². The summed E-state index contributed by atoms with van der Waals surface area (Å²) < 4.78 is 5.17. The standard InChI is InChI=1S/C14H19N5O2/c1-3-12-16-13(18-21-12)10-5-4-6-19(8-10)14(20)11-7-15-17-9(11)2/h7,10H,3-6,8H2,1-2H3,(H,15,17)/t10-/m0/s1. The Morgan fingerprint density at radius 2 is 2.43 bits per heavy atom. The summed E-state index contributed by atoms with van der Waals surface area (Å²) >= 11 is 0. The highest BCUT2D eigenvalue weighted by Crippen LogP contribution is 2.26. The number of rotatable bonds is 3. The molecule has 0 spiro atoms. The van der Waals surface area contributed by atoms with Crippen LogP contribution in [0.25, 0.3) is 0 Å². The van der Waals surface area contributed by atoms with Crippen LogP contribution in [0.1, 0.15) is 53.5 Å². The second kappa shape index (κ2) is 5.67. The van der Waals surface area contributed by atoms with Gasteiger partial charge in [-0.25, -0.2) is 0 Å². The smallest absolute Gasteiger partial charge is 0.257 e. The van der Waals surface area contributed by atoms with Gasteiger partial charge in [0.2, 0.25) is 5.89 Å². The minimum atomic E-state index is 0.0187. The number of aryl methyl sites for hydroxylation is 2. The van der Waals surface area contributed by atoms with Gasteiger partial charge in [0.15, 0.2) is 5.82 Å². The average molecular weight is 289 g/mol. The Labute approximate surface area is 122 Å². The molecule has 1 amide bonds. The molecular weight excluding hydrogens is 270 g/mol. The monoisotopic (exact) mass is 289 g/mol. The SMILES string of the molecule is CCc1nc([C@H]2CCCN(C(=O)c3cn[nH]c3C)C2)no1. The van der Waals surface area contributed by atoms with Crippen LogP contribution in [0.4, 0.5) is 0 Å². The molecule has 0 aliphatic carbocycles. The number of hydrogen-bond acceptors (Lipinski definition) is 5. The topological polar surface area (TPSA) is 87.9 Å². The summed E-state index contributed by atoms with van der Waals surface area (Å²) in [5, 5.41) is 10.8. The maximum absolute atomic E-state index is 12.5. The van der Waals surface area contributed by atoms with Crippen LogP contribution in [0.5, 0.6) is 0 Å². The van der Waals surface area contributed by atoms with Crippen molar-refractivity contribution in [3.63, 3.8) is 0 Å². The second-order valence-corrected chi connectivity index (χ2v) is 5.40. The van der Waals surface area contributed by atoms with Gasteiger partial charge in [0.1, 0.15) is 0 Å². The van der Waals surface area contributed by atoms with Crippen molar-refractivity contribution in [1.29, 1.82) is 0 Å². The van der Waals surface area contributed by atoms with Gasteiger partial charge < -0.3 is 9.42 Å². The number of piperidine rings is 1. The van der Waals surface area contributed by atoms with E-state index < -0.39 is 0 Å². The molecule has 1 N–H and O–H groups in total. The molecule has 112 valence electrons. The lowest BCUT2D eigenvalue weighted by atomic mass is 9.97. The van der Waals surface area contributed by atoms with Crippen LogP contribution in [0.15, 0.2) is 10.7 Å². The summed E-state index contributed by atoms with van der Waals surface area (Å²) in [4.78, 5) is 18.8. The van der Waals surface area contributed by atoms with Crippen molar-refractivity contribution in [3.8, 4) is 0 Å². The average Bonchev–Trinajstić information content (AvgIpc) is 3.15. The van der Waals surface area contributed by atoms with Gasteiger partial charge >= 0.3 is 0 Å². The number of carbonyl (C=O) groups excluding carboxylic acids is 1. The third-order valence-electron chi connectivity index (χ3n) is 3.92. The van der Waals surface area contributed by atoms with E-state index in [0.717, 1.165) is 31.5 Å². The summed E-state index contributed by atoms with van der Waals surface area (Å²) in [6.45, 7) is 5.23. The number of hydrogen-bond donors (Lipinski definition) is 1. The first-order chi connectivity index (χ1) is 10.2. The molecule has 0 bridgehead atoms. The summed E-state index contributed by atoms with van der Waals surface area (Å²) in [7, 11) is 0. The highest BCUT2D eigenvalue weighted by atomic mass is 16.5. The lowest BCUT2D eigenvalue weighted by Crippen LogP contribution is -2.39. The van der Waals surface area contributed by atoms with Gasteiger partial charge in [-0.3, -0.25) is 9.89 Å². The molecule has 1 atom stereocenters. The van der Waals surface area contributed by atoms with E-state index in [0.29, 0.717) is 23.8 Å². The van der Waals surface area contributed by atoms with E-state index in [1.54, 1.807) is 6.20 Å². The quantitative estimate of drug-likeness (QED) is 0.928. The molecule has 0 unspecified atom stereocenters. The summed E-state index contributed by atoms with van der Waals surface area (Å²) in [6, 6.07) is 0. The van der Waals surface area contributed by atoms with Crippen molar-refractivity contribution in [2.24, 2.45) is 0 Å². The van der Waals surface area contributed by atoms with Crippen molar-refractivity contribution in [1.82, 2.24) is 25.2 Å². The first-order valence-electron chi connectivity index (χ1n) is 7.30. The molecule has 7 nitrogen and oxygen atoms in total. The number of carbonyl (C=O) groups is 1. The van der Waals surface area contributed by atoms with Crippen molar-refractivity contribution >= 4 is 5.91 Å². The minimum Gasteiger partial charge on any atom is -0.339 e. The fourth-order valence-electron chi connectivity index (χ4n) is 2.69. The van der Waals surface area contributed by atoms with Crippen LogP contribution in [-0.4, -0.2) is 44.2 Å². The lowest BCUT2D eigenvalue weighted by molar-refractivity contribution is 0.0703. The third kappa shape index (κ3) is 2.68. The van der Waals surface area contributed by atoms with Gasteiger partial charge in [-0.2, -0.15) is 10.1 Å². The summed E-state index contributed by atoms with van der Waals surface area (Å²) in [5.74, 6) is 1.54. The fraction of sp³-hybridized carbons (Fsp3) is 0.571. The summed E-state index contributed by atoms with van der Waals surface area (Å²) in [5.41, 5.74) is 1.44. The number of H-pyrrole nitrogens is 1. The number of amides is 1. The Morgan fingerprint density at radius 3 is 3.10 bits per heavy atom. The zero-order valence-electron chi connectivity index (χ0n) is 12.3. The highest BCUT2D eigenvalue weighted by Gasteiger charge is 2.29. The van der Waals surface area contributed by atoms with Crippen LogP contribution in [-0.2, 0) is 6.42 Å². The minimum absolute atomic E-state index is 0.0187. The van der Waals surface area contributed by atoms with E-state index in [1.807, 2.05) is 18.7 Å². The molecule has 3 heterocycles.